The Labute approximate surface area is 79.0 Å². The molecule has 0 bridgehead atoms. The van der Waals surface area contributed by atoms with Crippen molar-refractivity contribution in [2.24, 2.45) is 5.73 Å². The molecule has 4 N–H and O–H groups in total. The number of nitrogens with two attached hydrogens (primary N) is 1. The summed E-state index contributed by atoms with van der Waals surface area (Å²) in [6, 6.07) is 0. The van der Waals surface area contributed by atoms with E-state index in [0.717, 1.165) is 13.0 Å². The van der Waals surface area contributed by atoms with Gasteiger partial charge in [0.15, 0.2) is 0 Å². The van der Waals surface area contributed by atoms with Crippen molar-refractivity contribution in [3.63, 3.8) is 0 Å². The van der Waals surface area contributed by atoms with Crippen molar-refractivity contribution < 1.29 is 9.53 Å². The van der Waals surface area contributed by atoms with Gasteiger partial charge in [-0.25, -0.2) is 0 Å². The van der Waals surface area contributed by atoms with Crippen LogP contribution < -0.4 is 16.4 Å². The standard InChI is InChI=1S/C8H19N3O2/c1-13-6-5-11-8(12)7-10-4-2-3-9/h10H,2-7,9H2,1H3,(H,11,12). The molecule has 0 aromatic heterocycles. The number of hydrogen-bond acceptors (Lipinski definition) is 4. The Hall–Kier alpha value is -0.650. The molecule has 0 saturated heterocycles. The predicted octanol–water partition coefficient (Wildman–Crippen LogP) is -1.31. The van der Waals surface area contributed by atoms with Gasteiger partial charge in [0.1, 0.15) is 0 Å². The van der Waals surface area contributed by atoms with Crippen molar-refractivity contribution in [2.45, 2.75) is 6.42 Å². The number of methoxy groups -OCH3 is 1. The van der Waals surface area contributed by atoms with Gasteiger partial charge in [-0.1, -0.05) is 0 Å². The van der Waals surface area contributed by atoms with Crippen LogP contribution in [-0.2, 0) is 9.53 Å². The first-order valence-corrected chi connectivity index (χ1v) is 4.47. The minimum Gasteiger partial charge on any atom is -0.383 e. The summed E-state index contributed by atoms with van der Waals surface area (Å²) >= 11 is 0. The summed E-state index contributed by atoms with van der Waals surface area (Å²) in [7, 11) is 1.60. The van der Waals surface area contributed by atoms with E-state index in [1.807, 2.05) is 0 Å². The van der Waals surface area contributed by atoms with E-state index in [4.69, 9.17) is 10.5 Å². The molecule has 0 aliphatic carbocycles. The Balaban J connectivity index is 3.11. The maximum atomic E-state index is 11.0. The number of rotatable bonds is 8. The van der Waals surface area contributed by atoms with Crippen LogP contribution in [0, 0.1) is 0 Å². The molecule has 0 rings (SSSR count). The van der Waals surface area contributed by atoms with Crippen LogP contribution in [0.2, 0.25) is 0 Å². The average Bonchev–Trinajstić information content (AvgIpc) is 2.13. The molecule has 0 aromatic rings. The van der Waals surface area contributed by atoms with Gasteiger partial charge in [-0.3, -0.25) is 4.79 Å². The lowest BCUT2D eigenvalue weighted by molar-refractivity contribution is -0.120. The first-order valence-electron chi connectivity index (χ1n) is 4.47. The quantitative estimate of drug-likeness (QED) is 0.414. The molecule has 0 aliphatic rings. The van der Waals surface area contributed by atoms with Crippen molar-refractivity contribution >= 4 is 5.91 Å². The largest absolute Gasteiger partial charge is 0.383 e. The molecule has 0 spiro atoms. The molecule has 0 saturated carbocycles. The van der Waals surface area contributed by atoms with Gasteiger partial charge in [-0.2, -0.15) is 0 Å². The molecule has 0 aliphatic heterocycles. The van der Waals surface area contributed by atoms with Crippen molar-refractivity contribution in [1.29, 1.82) is 0 Å². The molecule has 0 atom stereocenters. The van der Waals surface area contributed by atoms with Gasteiger partial charge in [0, 0.05) is 13.7 Å². The normalized spacial score (nSPS) is 10.0. The van der Waals surface area contributed by atoms with E-state index in [1.54, 1.807) is 7.11 Å². The molecule has 78 valence electrons. The zero-order valence-electron chi connectivity index (χ0n) is 8.14. The fraction of sp³-hybridized carbons (Fsp3) is 0.875. The highest BCUT2D eigenvalue weighted by Gasteiger charge is 1.97. The molecule has 0 radical (unpaired) electrons. The third kappa shape index (κ3) is 9.26. The summed E-state index contributed by atoms with van der Waals surface area (Å²) in [6.45, 7) is 2.90. The van der Waals surface area contributed by atoms with Gasteiger partial charge in [0.2, 0.25) is 5.91 Å². The lowest BCUT2D eigenvalue weighted by Gasteiger charge is -2.05. The zero-order valence-corrected chi connectivity index (χ0v) is 8.14. The molecule has 5 nitrogen and oxygen atoms in total. The topological polar surface area (TPSA) is 76.4 Å². The Bertz CT molecular complexity index is 131. The van der Waals surface area contributed by atoms with E-state index in [1.165, 1.54) is 0 Å². The van der Waals surface area contributed by atoms with Gasteiger partial charge in [-0.05, 0) is 19.5 Å². The van der Waals surface area contributed by atoms with Gasteiger partial charge >= 0.3 is 0 Å². The molecule has 0 unspecified atom stereocenters. The second-order valence-electron chi connectivity index (χ2n) is 2.66. The fourth-order valence-corrected chi connectivity index (χ4v) is 0.784. The van der Waals surface area contributed by atoms with Crippen LogP contribution >= 0.6 is 0 Å². The van der Waals surface area contributed by atoms with E-state index in [-0.39, 0.29) is 5.91 Å². The van der Waals surface area contributed by atoms with Crippen LogP contribution in [0.25, 0.3) is 0 Å². The van der Waals surface area contributed by atoms with Crippen LogP contribution in [0.4, 0.5) is 0 Å². The van der Waals surface area contributed by atoms with Crippen LogP contribution in [0.1, 0.15) is 6.42 Å². The Kier molecular flexibility index (Phi) is 8.97. The van der Waals surface area contributed by atoms with Crippen molar-refractivity contribution in [3.8, 4) is 0 Å². The van der Waals surface area contributed by atoms with Crippen molar-refractivity contribution in [3.05, 3.63) is 0 Å². The number of hydrogen-bond donors (Lipinski definition) is 3. The lowest BCUT2D eigenvalue weighted by Crippen LogP contribution is -2.36. The van der Waals surface area contributed by atoms with E-state index >= 15 is 0 Å². The highest BCUT2D eigenvalue weighted by molar-refractivity contribution is 5.77. The summed E-state index contributed by atoms with van der Waals surface area (Å²) in [4.78, 5) is 11.0. The molecule has 0 aromatic carbocycles. The summed E-state index contributed by atoms with van der Waals surface area (Å²) in [5.74, 6) is -0.00549. The summed E-state index contributed by atoms with van der Waals surface area (Å²) < 4.78 is 4.78. The Morgan fingerprint density at radius 1 is 1.46 bits per heavy atom. The monoisotopic (exact) mass is 189 g/mol. The molecule has 0 heterocycles. The van der Waals surface area contributed by atoms with Crippen LogP contribution in [-0.4, -0.2) is 45.8 Å². The van der Waals surface area contributed by atoms with E-state index < -0.39 is 0 Å². The number of nitrogens with one attached hydrogen (secondary N) is 2. The second-order valence-corrected chi connectivity index (χ2v) is 2.66. The van der Waals surface area contributed by atoms with Gasteiger partial charge in [-0.15, -0.1) is 0 Å². The maximum absolute atomic E-state index is 11.0. The third-order valence-corrected chi connectivity index (χ3v) is 1.47. The molecular formula is C8H19N3O2. The summed E-state index contributed by atoms with van der Waals surface area (Å²) in [5, 5.41) is 5.68. The molecule has 13 heavy (non-hydrogen) atoms. The molecular weight excluding hydrogens is 170 g/mol. The van der Waals surface area contributed by atoms with Crippen LogP contribution in [0.15, 0.2) is 0 Å². The maximum Gasteiger partial charge on any atom is 0.234 e. The van der Waals surface area contributed by atoms with Gasteiger partial charge in [0.05, 0.1) is 13.2 Å². The number of carbonyl (C=O) groups is 1. The average molecular weight is 189 g/mol. The second kappa shape index (κ2) is 9.44. The lowest BCUT2D eigenvalue weighted by atomic mass is 10.4. The highest BCUT2D eigenvalue weighted by Crippen LogP contribution is 1.70. The van der Waals surface area contributed by atoms with Crippen molar-refractivity contribution in [2.75, 3.05) is 39.9 Å². The minimum atomic E-state index is -0.00549. The van der Waals surface area contributed by atoms with E-state index in [2.05, 4.69) is 10.6 Å². The zero-order chi connectivity index (χ0) is 9.94. The molecule has 0 fully saturated rings. The SMILES string of the molecule is COCCNC(=O)CNCCCN. The Morgan fingerprint density at radius 3 is 2.85 bits per heavy atom. The predicted molar refractivity (Wildman–Crippen MR) is 51.4 cm³/mol. The number of amides is 1. The third-order valence-electron chi connectivity index (χ3n) is 1.47. The highest BCUT2D eigenvalue weighted by atomic mass is 16.5. The number of carbonyl (C=O) groups excluding carboxylic acids is 1. The first-order chi connectivity index (χ1) is 6.31. The molecule has 1 amide bonds. The first kappa shape index (κ1) is 12.3. The smallest absolute Gasteiger partial charge is 0.234 e. The Morgan fingerprint density at radius 2 is 2.23 bits per heavy atom. The van der Waals surface area contributed by atoms with Gasteiger partial charge < -0.3 is 21.1 Å². The number of ether oxygens (including phenoxy) is 1. The minimum absolute atomic E-state index is 0.00549. The van der Waals surface area contributed by atoms with Gasteiger partial charge in [0.25, 0.3) is 0 Å². The van der Waals surface area contributed by atoms with Crippen LogP contribution in [0.3, 0.4) is 0 Å². The van der Waals surface area contributed by atoms with Crippen molar-refractivity contribution in [1.82, 2.24) is 10.6 Å². The van der Waals surface area contributed by atoms with E-state index in [9.17, 15) is 4.79 Å². The summed E-state index contributed by atoms with van der Waals surface area (Å²) in [5.41, 5.74) is 5.29. The van der Waals surface area contributed by atoms with E-state index in [0.29, 0.717) is 26.2 Å². The molecule has 5 heteroatoms. The summed E-state index contributed by atoms with van der Waals surface area (Å²) in [6.07, 6.45) is 0.894. The fourth-order valence-electron chi connectivity index (χ4n) is 0.784. The van der Waals surface area contributed by atoms with Crippen LogP contribution in [0.5, 0.6) is 0 Å².